The van der Waals surface area contributed by atoms with E-state index >= 15 is 0 Å². The molecule has 5 rings (SSSR count). The van der Waals surface area contributed by atoms with E-state index < -0.39 is 0 Å². The van der Waals surface area contributed by atoms with Crippen molar-refractivity contribution in [3.05, 3.63) is 131 Å². The average molecular weight is 439 g/mol. The Kier molecular flexibility index (Phi) is 5.90. The fourth-order valence-electron chi connectivity index (χ4n) is 5.24. The quantitative estimate of drug-likeness (QED) is 0.262. The Morgan fingerprint density at radius 3 is 0.882 bits per heavy atom. The van der Waals surface area contributed by atoms with Crippen molar-refractivity contribution in [1.29, 1.82) is 0 Å². The Morgan fingerprint density at radius 2 is 0.588 bits per heavy atom. The molecule has 0 nitrogen and oxygen atoms in total. The summed E-state index contributed by atoms with van der Waals surface area (Å²) in [4.78, 5) is 0. The zero-order chi connectivity index (χ0) is 23.7. The molecule has 0 radical (unpaired) electrons. The van der Waals surface area contributed by atoms with Gasteiger partial charge in [-0.25, -0.2) is 0 Å². The number of hydrogen-bond donors (Lipinski definition) is 0. The third-order valence-electron chi connectivity index (χ3n) is 6.74. The van der Waals surface area contributed by atoms with E-state index in [2.05, 4.69) is 137 Å². The zero-order valence-electron chi connectivity index (χ0n) is 20.4. The van der Waals surface area contributed by atoms with Crippen LogP contribution in [0.2, 0.25) is 0 Å². The van der Waals surface area contributed by atoms with Crippen molar-refractivity contribution in [2.45, 2.75) is 27.7 Å². The summed E-state index contributed by atoms with van der Waals surface area (Å²) in [6.45, 7) is 8.89. The molecule has 0 amide bonds. The molecule has 0 N–H and O–H groups in total. The van der Waals surface area contributed by atoms with E-state index in [0.29, 0.717) is 0 Å². The van der Waals surface area contributed by atoms with E-state index in [9.17, 15) is 0 Å². The maximum absolute atomic E-state index is 2.31. The maximum Gasteiger partial charge on any atom is -0.0125 e. The maximum atomic E-state index is 2.31. The lowest BCUT2D eigenvalue weighted by atomic mass is 9.88. The number of aryl methyl sites for hydroxylation is 4. The second-order valence-corrected chi connectivity index (χ2v) is 9.28. The highest BCUT2D eigenvalue weighted by Crippen LogP contribution is 2.36. The standard InChI is InChI=1S/C34H30/c1-23-19-31(27-11-7-5-8-12-27)20-24(2)33(23)29-15-17-30(18-16-29)34-25(3)21-32(22-26(34)4)28-13-9-6-10-14-28/h5-22H,1-4H3. The van der Waals surface area contributed by atoms with Gasteiger partial charge in [0.25, 0.3) is 0 Å². The lowest BCUT2D eigenvalue weighted by Gasteiger charge is -2.16. The fourth-order valence-corrected chi connectivity index (χ4v) is 5.24. The first-order valence-corrected chi connectivity index (χ1v) is 12.0. The molecule has 0 spiro atoms. The van der Waals surface area contributed by atoms with Gasteiger partial charge in [0.1, 0.15) is 0 Å². The predicted molar refractivity (Wildman–Crippen MR) is 147 cm³/mol. The van der Waals surface area contributed by atoms with Crippen LogP contribution in [-0.2, 0) is 0 Å². The predicted octanol–water partition coefficient (Wildman–Crippen LogP) is 9.59. The first kappa shape index (κ1) is 21.9. The number of hydrogen-bond acceptors (Lipinski definition) is 0. The third kappa shape index (κ3) is 4.20. The van der Waals surface area contributed by atoms with Gasteiger partial charge in [0, 0.05) is 0 Å². The van der Waals surface area contributed by atoms with Crippen LogP contribution in [-0.4, -0.2) is 0 Å². The molecule has 5 aromatic carbocycles. The largest absolute Gasteiger partial charge is 0.0622 e. The molecular weight excluding hydrogens is 408 g/mol. The molecule has 0 atom stereocenters. The van der Waals surface area contributed by atoms with Crippen LogP contribution in [0.15, 0.2) is 109 Å². The molecule has 0 saturated carbocycles. The topological polar surface area (TPSA) is 0 Å². The molecule has 5 aromatic rings. The van der Waals surface area contributed by atoms with E-state index in [0.717, 1.165) is 0 Å². The Balaban J connectivity index is 1.49. The van der Waals surface area contributed by atoms with Crippen molar-refractivity contribution in [3.8, 4) is 44.5 Å². The second-order valence-electron chi connectivity index (χ2n) is 9.28. The summed E-state index contributed by atoms with van der Waals surface area (Å²) in [5, 5.41) is 0. The lowest BCUT2D eigenvalue weighted by molar-refractivity contribution is 1.36. The molecule has 0 aliphatic rings. The molecule has 0 aromatic heterocycles. The van der Waals surface area contributed by atoms with Gasteiger partial charge in [-0.3, -0.25) is 0 Å². The van der Waals surface area contributed by atoms with Gasteiger partial charge in [-0.1, -0.05) is 109 Å². The Bertz CT molecular complexity index is 1280. The average Bonchev–Trinajstić information content (AvgIpc) is 2.85. The van der Waals surface area contributed by atoms with Crippen LogP contribution < -0.4 is 0 Å². The van der Waals surface area contributed by atoms with Gasteiger partial charge in [0.2, 0.25) is 0 Å². The van der Waals surface area contributed by atoms with E-state index in [1.54, 1.807) is 0 Å². The highest BCUT2D eigenvalue weighted by atomic mass is 14.2. The molecule has 0 fully saturated rings. The van der Waals surface area contributed by atoms with Gasteiger partial charge >= 0.3 is 0 Å². The molecule has 0 aliphatic heterocycles. The fraction of sp³-hybridized carbons (Fsp3) is 0.118. The van der Waals surface area contributed by atoms with E-state index in [1.165, 1.54) is 66.8 Å². The van der Waals surface area contributed by atoms with Crippen molar-refractivity contribution >= 4 is 0 Å². The summed E-state index contributed by atoms with van der Waals surface area (Å²) in [6, 6.07) is 39.6. The summed E-state index contributed by atoms with van der Waals surface area (Å²) in [7, 11) is 0. The zero-order valence-corrected chi connectivity index (χ0v) is 20.4. The van der Waals surface area contributed by atoms with Gasteiger partial charge in [0.05, 0.1) is 0 Å². The number of rotatable bonds is 4. The van der Waals surface area contributed by atoms with Crippen molar-refractivity contribution in [2.75, 3.05) is 0 Å². The Morgan fingerprint density at radius 1 is 0.294 bits per heavy atom. The highest BCUT2D eigenvalue weighted by molar-refractivity contribution is 5.81. The van der Waals surface area contributed by atoms with Gasteiger partial charge in [0.15, 0.2) is 0 Å². The van der Waals surface area contributed by atoms with E-state index in [1.807, 2.05) is 0 Å². The van der Waals surface area contributed by atoms with Crippen LogP contribution in [0.4, 0.5) is 0 Å². The van der Waals surface area contributed by atoms with Crippen molar-refractivity contribution in [1.82, 2.24) is 0 Å². The minimum absolute atomic E-state index is 1.26. The van der Waals surface area contributed by atoms with Crippen LogP contribution in [0.5, 0.6) is 0 Å². The highest BCUT2D eigenvalue weighted by Gasteiger charge is 2.12. The Labute approximate surface area is 203 Å². The minimum Gasteiger partial charge on any atom is -0.0622 e. The van der Waals surface area contributed by atoms with Crippen LogP contribution in [0.25, 0.3) is 44.5 Å². The van der Waals surface area contributed by atoms with Gasteiger partial charge < -0.3 is 0 Å². The van der Waals surface area contributed by atoms with Crippen LogP contribution in [0.1, 0.15) is 22.3 Å². The minimum atomic E-state index is 1.26. The third-order valence-corrected chi connectivity index (χ3v) is 6.74. The lowest BCUT2D eigenvalue weighted by Crippen LogP contribution is -1.93. The first-order valence-electron chi connectivity index (χ1n) is 12.0. The van der Waals surface area contributed by atoms with Gasteiger partial charge in [-0.05, 0) is 94.5 Å². The molecule has 0 saturated heterocycles. The molecule has 0 aliphatic carbocycles. The molecular formula is C34H30. The molecule has 0 heteroatoms. The summed E-state index contributed by atoms with van der Waals surface area (Å²) >= 11 is 0. The molecule has 34 heavy (non-hydrogen) atoms. The number of benzene rings is 5. The van der Waals surface area contributed by atoms with Crippen molar-refractivity contribution in [3.63, 3.8) is 0 Å². The molecule has 0 bridgehead atoms. The monoisotopic (exact) mass is 438 g/mol. The molecule has 0 unspecified atom stereocenters. The molecule has 0 heterocycles. The Hall–Kier alpha value is -3.90. The smallest absolute Gasteiger partial charge is 0.0125 e. The van der Waals surface area contributed by atoms with Crippen molar-refractivity contribution < 1.29 is 0 Å². The second kappa shape index (κ2) is 9.15. The normalized spacial score (nSPS) is 10.9. The van der Waals surface area contributed by atoms with Gasteiger partial charge in [-0.15, -0.1) is 0 Å². The van der Waals surface area contributed by atoms with E-state index in [-0.39, 0.29) is 0 Å². The first-order chi connectivity index (χ1) is 16.5. The summed E-state index contributed by atoms with van der Waals surface area (Å²) in [5.74, 6) is 0. The van der Waals surface area contributed by atoms with Gasteiger partial charge in [-0.2, -0.15) is 0 Å². The van der Waals surface area contributed by atoms with Crippen LogP contribution >= 0.6 is 0 Å². The molecule has 166 valence electrons. The van der Waals surface area contributed by atoms with Crippen LogP contribution in [0, 0.1) is 27.7 Å². The van der Waals surface area contributed by atoms with E-state index in [4.69, 9.17) is 0 Å². The summed E-state index contributed by atoms with van der Waals surface area (Å²) in [5.41, 5.74) is 15.5. The summed E-state index contributed by atoms with van der Waals surface area (Å²) in [6.07, 6.45) is 0. The SMILES string of the molecule is Cc1cc(-c2ccccc2)cc(C)c1-c1ccc(-c2c(C)cc(-c3ccccc3)cc2C)cc1. The van der Waals surface area contributed by atoms with Crippen molar-refractivity contribution in [2.24, 2.45) is 0 Å². The van der Waals surface area contributed by atoms with Crippen LogP contribution in [0.3, 0.4) is 0 Å². The summed E-state index contributed by atoms with van der Waals surface area (Å²) < 4.78 is 0.